The molecular formula is C9H15NO. The van der Waals surface area contributed by atoms with E-state index in [1.54, 1.807) is 13.4 Å². The van der Waals surface area contributed by atoms with Gasteiger partial charge in [0.2, 0.25) is 0 Å². The predicted octanol–water partition coefficient (Wildman–Crippen LogP) is 1.29. The van der Waals surface area contributed by atoms with E-state index in [-0.39, 0.29) is 0 Å². The first kappa shape index (κ1) is 7.17. The molecule has 1 saturated carbocycles. The molecule has 2 aliphatic heterocycles. The highest BCUT2D eigenvalue weighted by Gasteiger charge is 2.36. The second-order valence-electron chi connectivity index (χ2n) is 3.61. The van der Waals surface area contributed by atoms with Crippen LogP contribution in [0.3, 0.4) is 0 Å². The maximum absolute atomic E-state index is 4.87. The van der Waals surface area contributed by atoms with Crippen molar-refractivity contribution in [3.63, 3.8) is 0 Å². The van der Waals surface area contributed by atoms with Crippen LogP contribution in [0.1, 0.15) is 19.3 Å². The standard InChI is InChI=1S/C9H15NO/c1-11-3-2-8-4-7-5-9(6-7)10-8/h2-3,7-10H,4-6H2,1H3/b3-2+. The predicted molar refractivity (Wildman–Crippen MR) is 44.2 cm³/mol. The number of nitrogens with one attached hydrogen (secondary N) is 1. The largest absolute Gasteiger partial charge is 0.505 e. The van der Waals surface area contributed by atoms with E-state index in [0.29, 0.717) is 6.04 Å². The van der Waals surface area contributed by atoms with Gasteiger partial charge in [0, 0.05) is 12.1 Å². The van der Waals surface area contributed by atoms with Crippen molar-refractivity contribution >= 4 is 0 Å². The molecule has 3 aliphatic rings. The molecule has 0 aromatic heterocycles. The fourth-order valence-corrected chi connectivity index (χ4v) is 2.10. The molecular weight excluding hydrogens is 138 g/mol. The minimum absolute atomic E-state index is 0.576. The van der Waals surface area contributed by atoms with Crippen LogP contribution in [-0.4, -0.2) is 19.2 Å². The number of hydrogen-bond donors (Lipinski definition) is 1. The molecule has 0 amide bonds. The van der Waals surface area contributed by atoms with Gasteiger partial charge < -0.3 is 10.1 Å². The van der Waals surface area contributed by atoms with Gasteiger partial charge in [0.15, 0.2) is 0 Å². The lowest BCUT2D eigenvalue weighted by Gasteiger charge is -2.45. The van der Waals surface area contributed by atoms with E-state index in [2.05, 4.69) is 11.4 Å². The molecule has 3 rings (SSSR count). The van der Waals surface area contributed by atoms with Gasteiger partial charge in [-0.05, 0) is 31.3 Å². The Kier molecular flexibility index (Phi) is 1.86. The number of piperidine rings is 2. The van der Waals surface area contributed by atoms with E-state index in [1.807, 2.05) is 0 Å². The summed E-state index contributed by atoms with van der Waals surface area (Å²) in [6, 6.07) is 1.38. The summed E-state index contributed by atoms with van der Waals surface area (Å²) in [4.78, 5) is 0. The maximum Gasteiger partial charge on any atom is 0.0800 e. The summed E-state index contributed by atoms with van der Waals surface area (Å²) >= 11 is 0. The van der Waals surface area contributed by atoms with Gasteiger partial charge in [-0.2, -0.15) is 0 Å². The quantitative estimate of drug-likeness (QED) is 0.603. The summed E-state index contributed by atoms with van der Waals surface area (Å²) in [6.07, 6.45) is 8.01. The highest BCUT2D eigenvalue weighted by atomic mass is 16.5. The molecule has 0 spiro atoms. The number of hydrogen-bond acceptors (Lipinski definition) is 2. The minimum atomic E-state index is 0.576. The monoisotopic (exact) mass is 153 g/mol. The molecule has 11 heavy (non-hydrogen) atoms. The number of ether oxygens (including phenoxy) is 1. The van der Waals surface area contributed by atoms with Crippen LogP contribution in [0.4, 0.5) is 0 Å². The van der Waals surface area contributed by atoms with Crippen molar-refractivity contribution in [3.8, 4) is 0 Å². The fourth-order valence-electron chi connectivity index (χ4n) is 2.10. The van der Waals surface area contributed by atoms with E-state index in [4.69, 9.17) is 4.74 Å². The Balaban J connectivity index is 1.83. The lowest BCUT2D eigenvalue weighted by molar-refractivity contribution is 0.133. The van der Waals surface area contributed by atoms with Crippen molar-refractivity contribution in [1.82, 2.24) is 5.32 Å². The molecule has 2 bridgehead atoms. The number of fused-ring (bicyclic) bond motifs is 2. The molecule has 1 unspecified atom stereocenters. The molecule has 1 aliphatic carbocycles. The van der Waals surface area contributed by atoms with Crippen LogP contribution in [0.25, 0.3) is 0 Å². The molecule has 2 saturated heterocycles. The minimum Gasteiger partial charge on any atom is -0.505 e. The van der Waals surface area contributed by atoms with Crippen LogP contribution < -0.4 is 5.32 Å². The van der Waals surface area contributed by atoms with E-state index in [1.165, 1.54) is 19.3 Å². The smallest absolute Gasteiger partial charge is 0.0800 e. The van der Waals surface area contributed by atoms with E-state index >= 15 is 0 Å². The third-order valence-electron chi connectivity index (χ3n) is 2.72. The Morgan fingerprint density at radius 2 is 2.18 bits per heavy atom. The second kappa shape index (κ2) is 2.86. The van der Waals surface area contributed by atoms with Gasteiger partial charge >= 0.3 is 0 Å². The molecule has 1 N–H and O–H groups in total. The molecule has 3 fully saturated rings. The van der Waals surface area contributed by atoms with E-state index in [0.717, 1.165) is 12.0 Å². The van der Waals surface area contributed by atoms with Crippen molar-refractivity contribution in [2.45, 2.75) is 31.3 Å². The van der Waals surface area contributed by atoms with Crippen molar-refractivity contribution in [2.75, 3.05) is 7.11 Å². The molecule has 0 aromatic rings. The number of methoxy groups -OCH3 is 1. The molecule has 2 heteroatoms. The molecule has 62 valence electrons. The van der Waals surface area contributed by atoms with Crippen molar-refractivity contribution in [2.24, 2.45) is 5.92 Å². The topological polar surface area (TPSA) is 21.3 Å². The Morgan fingerprint density at radius 1 is 1.36 bits per heavy atom. The van der Waals surface area contributed by atoms with Crippen molar-refractivity contribution in [3.05, 3.63) is 12.3 Å². The zero-order valence-corrected chi connectivity index (χ0v) is 6.92. The SMILES string of the molecule is CO/C=C/C1CC2CC(C2)N1. The first-order chi connectivity index (χ1) is 5.38. The third-order valence-corrected chi connectivity index (χ3v) is 2.72. The summed E-state index contributed by atoms with van der Waals surface area (Å²) in [5.74, 6) is 0.993. The normalized spacial score (nSPS) is 42.1. The van der Waals surface area contributed by atoms with Crippen LogP contribution in [-0.2, 0) is 4.74 Å². The van der Waals surface area contributed by atoms with E-state index in [9.17, 15) is 0 Å². The van der Waals surface area contributed by atoms with Crippen LogP contribution in [0.15, 0.2) is 12.3 Å². The van der Waals surface area contributed by atoms with Gasteiger partial charge in [0.05, 0.1) is 13.4 Å². The highest BCUT2D eigenvalue weighted by molar-refractivity contribution is 5.02. The van der Waals surface area contributed by atoms with Gasteiger partial charge in [-0.3, -0.25) is 0 Å². The molecule has 1 atom stereocenters. The summed E-state index contributed by atoms with van der Waals surface area (Å²) in [6.45, 7) is 0. The van der Waals surface area contributed by atoms with E-state index < -0.39 is 0 Å². The van der Waals surface area contributed by atoms with Gasteiger partial charge in [0.25, 0.3) is 0 Å². The van der Waals surface area contributed by atoms with Crippen LogP contribution in [0, 0.1) is 5.92 Å². The Labute approximate surface area is 67.6 Å². The summed E-state index contributed by atoms with van der Waals surface area (Å²) in [5.41, 5.74) is 0. The van der Waals surface area contributed by atoms with Gasteiger partial charge in [-0.1, -0.05) is 0 Å². The molecule has 2 heterocycles. The number of rotatable bonds is 2. The van der Waals surface area contributed by atoms with Crippen LogP contribution in [0.5, 0.6) is 0 Å². The van der Waals surface area contributed by atoms with Crippen LogP contribution in [0.2, 0.25) is 0 Å². The molecule has 0 radical (unpaired) electrons. The van der Waals surface area contributed by atoms with Crippen LogP contribution >= 0.6 is 0 Å². The zero-order chi connectivity index (χ0) is 7.68. The van der Waals surface area contributed by atoms with Gasteiger partial charge in [0.1, 0.15) is 0 Å². The second-order valence-corrected chi connectivity index (χ2v) is 3.61. The average Bonchev–Trinajstić information content (AvgIpc) is 2.00. The summed E-state index contributed by atoms with van der Waals surface area (Å²) < 4.78 is 4.87. The lowest BCUT2D eigenvalue weighted by atomic mass is 9.72. The van der Waals surface area contributed by atoms with Gasteiger partial charge in [-0.15, -0.1) is 0 Å². The Bertz CT molecular complexity index is 151. The third kappa shape index (κ3) is 1.41. The average molecular weight is 153 g/mol. The summed E-state index contributed by atoms with van der Waals surface area (Å²) in [7, 11) is 1.69. The Morgan fingerprint density at radius 3 is 2.73 bits per heavy atom. The fraction of sp³-hybridized carbons (Fsp3) is 0.778. The molecule has 0 aromatic carbocycles. The lowest BCUT2D eigenvalue weighted by Crippen LogP contribution is -2.53. The first-order valence-corrected chi connectivity index (χ1v) is 4.34. The molecule has 2 nitrogen and oxygen atoms in total. The van der Waals surface area contributed by atoms with Gasteiger partial charge in [-0.25, -0.2) is 0 Å². The Hall–Kier alpha value is -0.500. The van der Waals surface area contributed by atoms with Crippen molar-refractivity contribution < 1.29 is 4.74 Å². The van der Waals surface area contributed by atoms with Crippen molar-refractivity contribution in [1.29, 1.82) is 0 Å². The summed E-state index contributed by atoms with van der Waals surface area (Å²) in [5, 5.41) is 3.55. The zero-order valence-electron chi connectivity index (χ0n) is 6.92. The maximum atomic E-state index is 4.87. The highest BCUT2D eigenvalue weighted by Crippen LogP contribution is 2.36. The first-order valence-electron chi connectivity index (χ1n) is 4.34.